The number of hydrogen-bond acceptors (Lipinski definition) is 4. The number of anilines is 1. The average Bonchev–Trinajstić information content (AvgIpc) is 2.49. The van der Waals surface area contributed by atoms with Crippen molar-refractivity contribution in [3.8, 4) is 0 Å². The van der Waals surface area contributed by atoms with E-state index < -0.39 is 0 Å². The third-order valence-electron chi connectivity index (χ3n) is 3.39. The van der Waals surface area contributed by atoms with Crippen molar-refractivity contribution in [3.63, 3.8) is 0 Å². The van der Waals surface area contributed by atoms with E-state index in [-0.39, 0.29) is 55.0 Å². The molecule has 2 rings (SSSR count). The maximum Gasteiger partial charge on any atom is 0.125 e. The van der Waals surface area contributed by atoms with Crippen LogP contribution in [0.5, 0.6) is 0 Å². The van der Waals surface area contributed by atoms with Gasteiger partial charge in [-0.15, -0.1) is 0 Å². The predicted octanol–water partition coefficient (Wildman–Crippen LogP) is 4.88. The van der Waals surface area contributed by atoms with E-state index in [4.69, 9.17) is 4.74 Å². The second-order valence-electron chi connectivity index (χ2n) is 5.59. The Morgan fingerprint density at radius 3 is 1.96 bits per heavy atom. The number of ether oxygens (including phenoxy) is 1. The maximum absolute atomic E-state index is 5.21. The summed E-state index contributed by atoms with van der Waals surface area (Å²) < 4.78 is 5.21. The summed E-state index contributed by atoms with van der Waals surface area (Å²) in [6.45, 7) is 12.8. The number of pyridine rings is 1. The molecule has 1 fully saturated rings. The van der Waals surface area contributed by atoms with Gasteiger partial charge in [0.2, 0.25) is 0 Å². The summed E-state index contributed by atoms with van der Waals surface area (Å²) in [7, 11) is 1.88. The molecule has 1 N–H and O–H groups in total. The SMILES string of the molecule is C.C.C.CC(C)N1CCOCC1.CNc1cccc(C(C)C)n1.[Y]. The molecule has 1 aliphatic rings. The summed E-state index contributed by atoms with van der Waals surface area (Å²) >= 11 is 0. The topological polar surface area (TPSA) is 37.4 Å². The van der Waals surface area contributed by atoms with Crippen LogP contribution in [-0.2, 0) is 37.4 Å². The fourth-order valence-corrected chi connectivity index (χ4v) is 2.01. The first-order valence-electron chi connectivity index (χ1n) is 7.51. The van der Waals surface area contributed by atoms with Crippen molar-refractivity contribution < 1.29 is 37.4 Å². The molecule has 0 unspecified atom stereocenters. The maximum atomic E-state index is 5.21. The zero-order chi connectivity index (χ0) is 15.0. The minimum absolute atomic E-state index is 0. The zero-order valence-corrected chi connectivity index (χ0v) is 16.9. The number of hydrogen-bond donors (Lipinski definition) is 1. The Hall–Kier alpha value is -0.0261. The van der Waals surface area contributed by atoms with Crippen molar-refractivity contribution >= 4 is 5.82 Å². The fraction of sp³-hybridized carbons (Fsp3) is 0.737. The molecule has 141 valence electrons. The van der Waals surface area contributed by atoms with Gasteiger partial charge in [0.25, 0.3) is 0 Å². The molecule has 1 aliphatic heterocycles. The normalized spacial score (nSPS) is 13.3. The molecule has 1 aromatic rings. The van der Waals surface area contributed by atoms with Crippen molar-refractivity contribution in [2.75, 3.05) is 38.7 Å². The van der Waals surface area contributed by atoms with Gasteiger partial charge >= 0.3 is 0 Å². The van der Waals surface area contributed by atoms with E-state index >= 15 is 0 Å². The smallest absolute Gasteiger partial charge is 0.125 e. The molecule has 0 saturated carbocycles. The van der Waals surface area contributed by atoms with Crippen LogP contribution in [0.2, 0.25) is 0 Å². The van der Waals surface area contributed by atoms with Gasteiger partial charge < -0.3 is 10.1 Å². The summed E-state index contributed by atoms with van der Waals surface area (Å²) in [5, 5.41) is 3.01. The van der Waals surface area contributed by atoms with Gasteiger partial charge in [0.05, 0.1) is 13.2 Å². The summed E-state index contributed by atoms with van der Waals surface area (Å²) in [5.41, 5.74) is 1.14. The van der Waals surface area contributed by atoms with Crippen LogP contribution in [0.3, 0.4) is 0 Å². The van der Waals surface area contributed by atoms with E-state index in [0.29, 0.717) is 12.0 Å². The molecular formula is C19H41N3OY. The first kappa shape index (κ1) is 31.7. The van der Waals surface area contributed by atoms with Gasteiger partial charge in [-0.25, -0.2) is 4.98 Å². The molecule has 0 bridgehead atoms. The molecule has 0 aliphatic carbocycles. The Morgan fingerprint density at radius 2 is 1.58 bits per heavy atom. The first-order chi connectivity index (χ1) is 9.54. The molecule has 1 radical (unpaired) electrons. The summed E-state index contributed by atoms with van der Waals surface area (Å²) in [6.07, 6.45) is 0. The average molecular weight is 416 g/mol. The minimum Gasteiger partial charge on any atom is -0.379 e. The molecule has 2 heterocycles. The number of nitrogens with one attached hydrogen (secondary N) is 1. The third kappa shape index (κ3) is 12.4. The Morgan fingerprint density at radius 1 is 1.04 bits per heavy atom. The predicted molar refractivity (Wildman–Crippen MR) is 106 cm³/mol. The molecule has 1 aromatic heterocycles. The van der Waals surface area contributed by atoms with Gasteiger partial charge in [-0.1, -0.05) is 42.2 Å². The van der Waals surface area contributed by atoms with Gasteiger partial charge in [-0.05, 0) is 31.9 Å². The second kappa shape index (κ2) is 17.8. The van der Waals surface area contributed by atoms with Crippen LogP contribution in [-0.4, -0.2) is 49.3 Å². The number of rotatable bonds is 3. The standard InChI is InChI=1S/C9H14N2.C7H15NO.3CH4.Y/c1-7(2)8-5-4-6-9(10-3)11-8;1-7(2)8-3-5-9-6-4-8;;;;/h4-7H,1-3H3,(H,10,11);7H,3-6H2,1-2H3;3*1H4;. The van der Waals surface area contributed by atoms with Crippen molar-refractivity contribution in [1.82, 2.24) is 9.88 Å². The Bertz CT molecular complexity index is 381. The van der Waals surface area contributed by atoms with Crippen LogP contribution in [0.15, 0.2) is 18.2 Å². The monoisotopic (exact) mass is 416 g/mol. The molecular weight excluding hydrogens is 375 g/mol. The van der Waals surface area contributed by atoms with E-state index in [0.717, 1.165) is 37.8 Å². The fourth-order valence-electron chi connectivity index (χ4n) is 2.01. The number of morpholine rings is 1. The summed E-state index contributed by atoms with van der Waals surface area (Å²) in [4.78, 5) is 6.81. The Balaban J connectivity index is -0.000000145. The van der Waals surface area contributed by atoms with Crippen molar-refractivity contribution in [2.45, 2.75) is 61.9 Å². The molecule has 4 nitrogen and oxygen atoms in total. The van der Waals surface area contributed by atoms with Gasteiger partial charge in [0.15, 0.2) is 0 Å². The Labute approximate surface area is 177 Å². The summed E-state index contributed by atoms with van der Waals surface area (Å²) in [5.74, 6) is 1.44. The van der Waals surface area contributed by atoms with E-state index in [2.05, 4.69) is 42.9 Å². The molecule has 5 heteroatoms. The molecule has 24 heavy (non-hydrogen) atoms. The molecule has 1 saturated heterocycles. The van der Waals surface area contributed by atoms with Crippen LogP contribution in [0, 0.1) is 0 Å². The van der Waals surface area contributed by atoms with Crippen LogP contribution in [0.4, 0.5) is 5.82 Å². The van der Waals surface area contributed by atoms with Crippen molar-refractivity contribution in [2.24, 2.45) is 0 Å². The van der Waals surface area contributed by atoms with E-state index in [1.165, 1.54) is 0 Å². The molecule has 0 amide bonds. The van der Waals surface area contributed by atoms with Crippen molar-refractivity contribution in [1.29, 1.82) is 0 Å². The molecule has 0 atom stereocenters. The van der Waals surface area contributed by atoms with Crippen LogP contribution < -0.4 is 5.32 Å². The third-order valence-corrected chi connectivity index (χ3v) is 3.39. The first-order valence-corrected chi connectivity index (χ1v) is 7.51. The van der Waals surface area contributed by atoms with Gasteiger partial charge in [0, 0.05) is 64.6 Å². The van der Waals surface area contributed by atoms with E-state index in [1.54, 1.807) is 0 Å². The Kier molecular flexibility index (Phi) is 23.5. The summed E-state index contributed by atoms with van der Waals surface area (Å²) in [6, 6.07) is 6.72. The van der Waals surface area contributed by atoms with E-state index in [1.807, 2.05) is 25.2 Å². The number of aromatic nitrogens is 1. The molecule has 0 aromatic carbocycles. The van der Waals surface area contributed by atoms with Crippen LogP contribution in [0.25, 0.3) is 0 Å². The molecule has 0 spiro atoms. The van der Waals surface area contributed by atoms with Crippen LogP contribution >= 0.6 is 0 Å². The quantitative estimate of drug-likeness (QED) is 0.762. The largest absolute Gasteiger partial charge is 0.379 e. The second-order valence-corrected chi connectivity index (χ2v) is 5.59. The van der Waals surface area contributed by atoms with E-state index in [9.17, 15) is 0 Å². The van der Waals surface area contributed by atoms with Gasteiger partial charge in [-0.2, -0.15) is 0 Å². The van der Waals surface area contributed by atoms with Gasteiger partial charge in [0.1, 0.15) is 5.82 Å². The number of nitrogens with zero attached hydrogens (tertiary/aromatic N) is 2. The zero-order valence-electron chi connectivity index (χ0n) is 14.1. The van der Waals surface area contributed by atoms with Gasteiger partial charge in [-0.3, -0.25) is 4.90 Å². The van der Waals surface area contributed by atoms with Crippen LogP contribution in [0.1, 0.15) is 61.6 Å². The van der Waals surface area contributed by atoms with Crippen molar-refractivity contribution in [3.05, 3.63) is 23.9 Å². The minimum atomic E-state index is 0.